The number of hydrogen-bond acceptors (Lipinski definition) is 6. The predicted octanol–water partition coefficient (Wildman–Crippen LogP) is 3.05. The quantitative estimate of drug-likeness (QED) is 0.467. The Morgan fingerprint density at radius 2 is 1.88 bits per heavy atom. The molecule has 8 heteroatoms. The van der Waals surface area contributed by atoms with E-state index in [1.165, 1.54) is 19.2 Å². The molecule has 0 saturated carbocycles. The zero-order valence-electron chi connectivity index (χ0n) is 14.7. The van der Waals surface area contributed by atoms with E-state index in [1.54, 1.807) is 38.1 Å². The van der Waals surface area contributed by atoms with Crippen LogP contribution in [0.5, 0.6) is 0 Å². The third kappa shape index (κ3) is 4.35. The maximum Gasteiger partial charge on any atom is 0.338 e. The van der Waals surface area contributed by atoms with Crippen LogP contribution in [-0.4, -0.2) is 30.5 Å². The zero-order valence-corrected chi connectivity index (χ0v) is 14.7. The van der Waals surface area contributed by atoms with Crippen molar-refractivity contribution in [2.75, 3.05) is 24.3 Å². The number of nitro benzene ring substituents is 1. The van der Waals surface area contributed by atoms with Crippen molar-refractivity contribution in [3.8, 4) is 0 Å². The molecular formula is C18H19N3O5. The number of nitrogens with zero attached hydrogens (tertiary/aromatic N) is 1. The van der Waals surface area contributed by atoms with Crippen LogP contribution in [-0.2, 0) is 9.53 Å². The summed E-state index contributed by atoms with van der Waals surface area (Å²) in [5.41, 5.74) is 2.33. The van der Waals surface area contributed by atoms with Gasteiger partial charge in [-0.15, -0.1) is 0 Å². The number of ether oxygens (including phenoxy) is 1. The number of benzene rings is 2. The Labute approximate surface area is 150 Å². The molecule has 0 aromatic heterocycles. The molecule has 26 heavy (non-hydrogen) atoms. The number of methoxy groups -OCH3 is 1. The van der Waals surface area contributed by atoms with E-state index in [1.807, 2.05) is 0 Å². The molecule has 0 aliphatic carbocycles. The fourth-order valence-electron chi connectivity index (χ4n) is 2.43. The zero-order chi connectivity index (χ0) is 19.3. The second kappa shape index (κ2) is 8.11. The summed E-state index contributed by atoms with van der Waals surface area (Å²) >= 11 is 0. The Morgan fingerprint density at radius 3 is 2.54 bits per heavy atom. The van der Waals surface area contributed by atoms with Gasteiger partial charge in [-0.3, -0.25) is 14.9 Å². The minimum atomic E-state index is -0.542. The topological polar surface area (TPSA) is 111 Å². The average Bonchev–Trinajstić information content (AvgIpc) is 2.61. The maximum atomic E-state index is 12.1. The van der Waals surface area contributed by atoms with Gasteiger partial charge in [-0.1, -0.05) is 12.1 Å². The lowest BCUT2D eigenvalue weighted by molar-refractivity contribution is -0.384. The molecule has 2 aromatic carbocycles. The van der Waals surface area contributed by atoms with Gasteiger partial charge in [-0.25, -0.2) is 4.79 Å². The molecule has 2 aromatic rings. The molecule has 2 rings (SSSR count). The van der Waals surface area contributed by atoms with Gasteiger partial charge in [0.15, 0.2) is 0 Å². The van der Waals surface area contributed by atoms with Crippen LogP contribution in [0.1, 0.15) is 21.5 Å². The van der Waals surface area contributed by atoms with Crippen LogP contribution < -0.4 is 10.6 Å². The fourth-order valence-corrected chi connectivity index (χ4v) is 2.43. The molecular weight excluding hydrogens is 338 g/mol. The average molecular weight is 357 g/mol. The summed E-state index contributed by atoms with van der Waals surface area (Å²) in [5, 5.41) is 16.5. The third-order valence-electron chi connectivity index (χ3n) is 3.80. The number of aryl methyl sites for hydroxylation is 1. The standard InChI is InChI=1S/C18H19N3O5/c1-11-7-8-15(16(9-11)21(24)25)20-17(22)10-19-14-6-4-5-13(12(14)2)18(23)26-3/h4-9,19H,10H2,1-3H3,(H,20,22). The van der Waals surface area contributed by atoms with Crippen LogP contribution in [0.25, 0.3) is 0 Å². The number of amides is 1. The Morgan fingerprint density at radius 1 is 1.15 bits per heavy atom. The van der Waals surface area contributed by atoms with Gasteiger partial charge >= 0.3 is 5.97 Å². The molecule has 0 spiro atoms. The van der Waals surface area contributed by atoms with Gasteiger partial charge < -0.3 is 15.4 Å². The maximum absolute atomic E-state index is 12.1. The fraction of sp³-hybridized carbons (Fsp3) is 0.222. The van der Waals surface area contributed by atoms with Crippen molar-refractivity contribution in [2.24, 2.45) is 0 Å². The van der Waals surface area contributed by atoms with E-state index in [0.29, 0.717) is 16.8 Å². The molecule has 0 unspecified atom stereocenters. The molecule has 1 amide bonds. The molecule has 8 nitrogen and oxygen atoms in total. The first kappa shape index (κ1) is 18.9. The highest BCUT2D eigenvalue weighted by Crippen LogP contribution is 2.25. The summed E-state index contributed by atoms with van der Waals surface area (Å²) in [6, 6.07) is 9.59. The number of esters is 1. The molecule has 2 N–H and O–H groups in total. The summed E-state index contributed by atoms with van der Waals surface area (Å²) in [7, 11) is 1.30. The van der Waals surface area contributed by atoms with E-state index in [0.717, 1.165) is 5.56 Å². The predicted molar refractivity (Wildman–Crippen MR) is 97.5 cm³/mol. The van der Waals surface area contributed by atoms with Crippen LogP contribution >= 0.6 is 0 Å². The number of nitro groups is 1. The first-order valence-electron chi connectivity index (χ1n) is 7.80. The molecule has 136 valence electrons. The Balaban J connectivity index is 2.09. The molecule has 0 atom stereocenters. The molecule has 0 saturated heterocycles. The molecule has 0 bridgehead atoms. The molecule has 0 fully saturated rings. The number of nitrogens with one attached hydrogen (secondary N) is 2. The lowest BCUT2D eigenvalue weighted by Gasteiger charge is -2.12. The van der Waals surface area contributed by atoms with Crippen LogP contribution in [0.15, 0.2) is 36.4 Å². The van der Waals surface area contributed by atoms with Crippen molar-refractivity contribution in [2.45, 2.75) is 13.8 Å². The monoisotopic (exact) mass is 357 g/mol. The van der Waals surface area contributed by atoms with Crippen LogP contribution in [0.2, 0.25) is 0 Å². The van der Waals surface area contributed by atoms with Crippen LogP contribution in [0.3, 0.4) is 0 Å². The SMILES string of the molecule is COC(=O)c1cccc(NCC(=O)Nc2ccc(C)cc2[N+](=O)[O-])c1C. The number of carbonyl (C=O) groups is 2. The first-order chi connectivity index (χ1) is 12.3. The summed E-state index contributed by atoms with van der Waals surface area (Å²) in [5.74, 6) is -0.911. The van der Waals surface area contributed by atoms with Crippen molar-refractivity contribution in [1.29, 1.82) is 0 Å². The Kier molecular flexibility index (Phi) is 5.90. The van der Waals surface area contributed by atoms with E-state index >= 15 is 0 Å². The van der Waals surface area contributed by atoms with Gasteiger partial charge in [-0.2, -0.15) is 0 Å². The molecule has 0 radical (unpaired) electrons. The normalized spacial score (nSPS) is 10.1. The lowest BCUT2D eigenvalue weighted by atomic mass is 10.1. The minimum Gasteiger partial charge on any atom is -0.465 e. The van der Waals surface area contributed by atoms with Gasteiger partial charge in [0.1, 0.15) is 5.69 Å². The lowest BCUT2D eigenvalue weighted by Crippen LogP contribution is -2.23. The van der Waals surface area contributed by atoms with Gasteiger partial charge in [0.2, 0.25) is 5.91 Å². The van der Waals surface area contributed by atoms with Gasteiger partial charge in [0.25, 0.3) is 5.69 Å². The minimum absolute atomic E-state index is 0.115. The number of rotatable bonds is 6. The smallest absolute Gasteiger partial charge is 0.338 e. The summed E-state index contributed by atoms with van der Waals surface area (Å²) in [6.45, 7) is 3.35. The van der Waals surface area contributed by atoms with E-state index < -0.39 is 16.8 Å². The second-order valence-electron chi connectivity index (χ2n) is 5.65. The highest BCUT2D eigenvalue weighted by molar-refractivity contribution is 5.96. The van der Waals surface area contributed by atoms with E-state index in [9.17, 15) is 19.7 Å². The second-order valence-corrected chi connectivity index (χ2v) is 5.65. The number of anilines is 2. The molecule has 0 aliphatic rings. The largest absolute Gasteiger partial charge is 0.465 e. The molecule has 0 heterocycles. The van der Waals surface area contributed by atoms with Crippen molar-refractivity contribution in [1.82, 2.24) is 0 Å². The highest BCUT2D eigenvalue weighted by Gasteiger charge is 2.16. The summed E-state index contributed by atoms with van der Waals surface area (Å²) in [4.78, 5) is 34.4. The third-order valence-corrected chi connectivity index (χ3v) is 3.80. The highest BCUT2D eigenvalue weighted by atomic mass is 16.6. The molecule has 0 aliphatic heterocycles. The Hall–Kier alpha value is -3.42. The van der Waals surface area contributed by atoms with Crippen molar-refractivity contribution < 1.29 is 19.2 Å². The van der Waals surface area contributed by atoms with Gasteiger partial charge in [0.05, 0.1) is 24.1 Å². The summed E-state index contributed by atoms with van der Waals surface area (Å²) < 4.78 is 4.71. The van der Waals surface area contributed by atoms with Crippen molar-refractivity contribution >= 4 is 28.9 Å². The number of carbonyl (C=O) groups excluding carboxylic acids is 2. The van der Waals surface area contributed by atoms with Crippen LogP contribution in [0.4, 0.5) is 17.1 Å². The van der Waals surface area contributed by atoms with E-state index in [2.05, 4.69) is 10.6 Å². The first-order valence-corrected chi connectivity index (χ1v) is 7.80. The van der Waals surface area contributed by atoms with Crippen molar-refractivity contribution in [3.63, 3.8) is 0 Å². The number of hydrogen-bond donors (Lipinski definition) is 2. The van der Waals surface area contributed by atoms with E-state index in [-0.39, 0.29) is 17.9 Å². The van der Waals surface area contributed by atoms with E-state index in [4.69, 9.17) is 4.74 Å². The summed E-state index contributed by atoms with van der Waals surface area (Å²) in [6.07, 6.45) is 0. The Bertz CT molecular complexity index is 864. The van der Waals surface area contributed by atoms with Gasteiger partial charge in [-0.05, 0) is 43.2 Å². The van der Waals surface area contributed by atoms with Crippen molar-refractivity contribution in [3.05, 3.63) is 63.2 Å². The van der Waals surface area contributed by atoms with Crippen LogP contribution in [0, 0.1) is 24.0 Å². The van der Waals surface area contributed by atoms with Gasteiger partial charge in [0, 0.05) is 11.8 Å².